The Bertz CT molecular complexity index is 192. The summed E-state index contributed by atoms with van der Waals surface area (Å²) in [5.74, 6) is 0. The molecule has 0 bridgehead atoms. The molecule has 0 aliphatic heterocycles. The van der Waals surface area contributed by atoms with Gasteiger partial charge in [0.2, 0.25) is 0 Å². The van der Waals surface area contributed by atoms with Gasteiger partial charge in [-0.05, 0) is 12.8 Å². The van der Waals surface area contributed by atoms with Crippen molar-refractivity contribution in [3.63, 3.8) is 0 Å². The van der Waals surface area contributed by atoms with E-state index in [2.05, 4.69) is 4.52 Å². The topological polar surface area (TPSA) is 66.8 Å². The van der Waals surface area contributed by atoms with Gasteiger partial charge in [-0.25, -0.2) is 4.57 Å². The fraction of sp³-hybridized carbons (Fsp3) is 1.00. The molecule has 1 fully saturated rings. The van der Waals surface area contributed by atoms with E-state index >= 15 is 0 Å². The summed E-state index contributed by atoms with van der Waals surface area (Å²) in [6.07, 6.45) is 1.81. The van der Waals surface area contributed by atoms with Gasteiger partial charge in [0.05, 0.1) is 12.2 Å². The molecule has 3 unspecified atom stereocenters. The average Bonchev–Trinajstić information content (AvgIpc) is 1.91. The van der Waals surface area contributed by atoms with Gasteiger partial charge in [-0.15, -0.1) is 0 Å². The van der Waals surface area contributed by atoms with E-state index in [0.717, 1.165) is 12.8 Å². The van der Waals surface area contributed by atoms with E-state index < -0.39 is 19.2 Å². The second kappa shape index (κ2) is 4.07. The first-order valence-electron chi connectivity index (χ1n) is 3.88. The van der Waals surface area contributed by atoms with E-state index in [0.29, 0.717) is 12.8 Å². The largest absolute Gasteiger partial charge is 0.422 e. The van der Waals surface area contributed by atoms with Crippen molar-refractivity contribution in [2.24, 2.45) is 0 Å². The van der Waals surface area contributed by atoms with Gasteiger partial charge in [-0.3, -0.25) is 4.52 Å². The summed E-state index contributed by atoms with van der Waals surface area (Å²) in [5, 5.41) is 9.32. The summed E-state index contributed by atoms with van der Waals surface area (Å²) in [6.45, 7) is -3.96. The smallest absolute Gasteiger partial charge is 0.390 e. The molecule has 1 saturated carbocycles. The zero-order valence-electron chi connectivity index (χ0n) is 6.52. The molecule has 0 aromatic carbocycles. The summed E-state index contributed by atoms with van der Waals surface area (Å²) in [5.41, 5.74) is 0. The summed E-state index contributed by atoms with van der Waals surface area (Å²) in [4.78, 5) is 8.68. The molecule has 0 heterocycles. The van der Waals surface area contributed by atoms with Crippen LogP contribution in [0.15, 0.2) is 0 Å². The number of rotatable bonds is 2. The first-order valence-corrected chi connectivity index (χ1v) is 6.36. The summed E-state index contributed by atoms with van der Waals surface area (Å²) in [6, 6.07) is 0. The first-order chi connectivity index (χ1) is 5.49. The van der Waals surface area contributed by atoms with Crippen molar-refractivity contribution < 1.29 is 19.1 Å². The fourth-order valence-corrected chi connectivity index (χ4v) is 2.25. The van der Waals surface area contributed by atoms with Crippen molar-refractivity contribution in [2.45, 2.75) is 37.9 Å². The van der Waals surface area contributed by atoms with Crippen molar-refractivity contribution in [1.29, 1.82) is 0 Å². The predicted octanol–water partition coefficient (Wildman–Crippen LogP) is 1.65. The molecule has 0 amide bonds. The fourth-order valence-electron chi connectivity index (χ4n) is 1.37. The SMILES string of the molecule is O=P(O)(Cl)OC1CCCCC1O. The van der Waals surface area contributed by atoms with Gasteiger partial charge in [-0.1, -0.05) is 12.8 Å². The van der Waals surface area contributed by atoms with Crippen molar-refractivity contribution in [1.82, 2.24) is 0 Å². The van der Waals surface area contributed by atoms with Gasteiger partial charge >= 0.3 is 6.95 Å². The standard InChI is InChI=1S/C6H12ClO4P/c7-12(9,10)11-6-4-2-1-3-5(6)8/h5-6,8H,1-4H2,(H,9,10). The van der Waals surface area contributed by atoms with E-state index in [9.17, 15) is 9.67 Å². The maximum atomic E-state index is 10.6. The molecule has 1 rings (SSSR count). The Morgan fingerprint density at radius 3 is 2.50 bits per heavy atom. The molecule has 3 atom stereocenters. The normalized spacial score (nSPS) is 35.9. The second-order valence-electron chi connectivity index (χ2n) is 2.95. The number of hydrogen-bond acceptors (Lipinski definition) is 3. The van der Waals surface area contributed by atoms with Gasteiger partial charge < -0.3 is 10.00 Å². The summed E-state index contributed by atoms with van der Waals surface area (Å²) in [7, 11) is 0. The van der Waals surface area contributed by atoms with Crippen molar-refractivity contribution >= 4 is 18.2 Å². The first kappa shape index (κ1) is 10.5. The van der Waals surface area contributed by atoms with Crippen LogP contribution in [0.25, 0.3) is 0 Å². The maximum absolute atomic E-state index is 10.6. The lowest BCUT2D eigenvalue weighted by Gasteiger charge is -2.27. The minimum Gasteiger partial charge on any atom is -0.390 e. The molecule has 0 saturated heterocycles. The quantitative estimate of drug-likeness (QED) is 0.686. The molecular formula is C6H12ClO4P. The predicted molar refractivity (Wildman–Crippen MR) is 45.0 cm³/mol. The molecule has 1 aliphatic carbocycles. The van der Waals surface area contributed by atoms with Crippen LogP contribution in [-0.2, 0) is 9.09 Å². The van der Waals surface area contributed by atoms with Crippen LogP contribution in [0.5, 0.6) is 0 Å². The molecule has 2 N–H and O–H groups in total. The van der Waals surface area contributed by atoms with Crippen molar-refractivity contribution in [3.05, 3.63) is 0 Å². The average molecular weight is 215 g/mol. The Morgan fingerprint density at radius 1 is 1.42 bits per heavy atom. The number of aliphatic hydroxyl groups excluding tert-OH is 1. The zero-order valence-corrected chi connectivity index (χ0v) is 8.17. The minimum absolute atomic E-state index is 0.577. The van der Waals surface area contributed by atoms with Crippen LogP contribution in [0.2, 0.25) is 0 Å². The Balaban J connectivity index is 2.44. The highest BCUT2D eigenvalue weighted by Gasteiger charge is 2.29. The van der Waals surface area contributed by atoms with E-state index in [1.165, 1.54) is 0 Å². The third-order valence-corrected chi connectivity index (χ3v) is 2.70. The molecule has 0 spiro atoms. The Kier molecular flexibility index (Phi) is 3.56. The molecule has 0 radical (unpaired) electrons. The molecule has 1 aliphatic rings. The van der Waals surface area contributed by atoms with E-state index in [4.69, 9.17) is 16.1 Å². The van der Waals surface area contributed by atoms with Crippen molar-refractivity contribution in [2.75, 3.05) is 0 Å². The summed E-state index contributed by atoms with van der Waals surface area (Å²) < 4.78 is 15.2. The lowest BCUT2D eigenvalue weighted by atomic mass is 9.95. The monoisotopic (exact) mass is 214 g/mol. The molecule has 4 nitrogen and oxygen atoms in total. The highest BCUT2D eigenvalue weighted by atomic mass is 35.7. The van der Waals surface area contributed by atoms with Crippen LogP contribution in [0.3, 0.4) is 0 Å². The van der Waals surface area contributed by atoms with Gasteiger partial charge in [0.1, 0.15) is 0 Å². The van der Waals surface area contributed by atoms with E-state index in [1.54, 1.807) is 0 Å². The zero-order chi connectivity index (χ0) is 9.19. The maximum Gasteiger partial charge on any atom is 0.422 e. The highest BCUT2D eigenvalue weighted by Crippen LogP contribution is 2.50. The van der Waals surface area contributed by atoms with Crippen LogP contribution in [0.1, 0.15) is 25.7 Å². The third kappa shape index (κ3) is 3.42. The van der Waals surface area contributed by atoms with E-state index in [1.807, 2.05) is 0 Å². The Morgan fingerprint density at radius 2 is 2.00 bits per heavy atom. The molecule has 72 valence electrons. The molecule has 6 heteroatoms. The van der Waals surface area contributed by atoms with Crippen LogP contribution in [0, 0.1) is 0 Å². The second-order valence-corrected chi connectivity index (χ2v) is 5.34. The van der Waals surface area contributed by atoms with Crippen LogP contribution in [0.4, 0.5) is 0 Å². The number of hydrogen-bond donors (Lipinski definition) is 2. The van der Waals surface area contributed by atoms with Gasteiger partial charge in [0.25, 0.3) is 0 Å². The van der Waals surface area contributed by atoms with Crippen LogP contribution < -0.4 is 0 Å². The van der Waals surface area contributed by atoms with Gasteiger partial charge in [0.15, 0.2) is 0 Å². The molecule has 0 aromatic heterocycles. The number of aliphatic hydroxyl groups is 1. The molecule has 12 heavy (non-hydrogen) atoms. The van der Waals surface area contributed by atoms with Crippen LogP contribution in [-0.4, -0.2) is 22.2 Å². The lowest BCUT2D eigenvalue weighted by molar-refractivity contribution is 0.00396. The molecule has 0 aromatic rings. The summed E-state index contributed by atoms with van der Waals surface area (Å²) >= 11 is 5.01. The third-order valence-electron chi connectivity index (χ3n) is 1.93. The highest BCUT2D eigenvalue weighted by molar-refractivity contribution is 7.80. The van der Waals surface area contributed by atoms with E-state index in [-0.39, 0.29) is 0 Å². The van der Waals surface area contributed by atoms with Gasteiger partial charge in [-0.2, -0.15) is 0 Å². The minimum atomic E-state index is -3.96. The molecular weight excluding hydrogens is 202 g/mol. The van der Waals surface area contributed by atoms with Crippen LogP contribution >= 0.6 is 18.2 Å². The Hall–Kier alpha value is 0.400. The lowest BCUT2D eigenvalue weighted by Crippen LogP contribution is -2.30. The van der Waals surface area contributed by atoms with Crippen molar-refractivity contribution in [3.8, 4) is 0 Å². The number of halogens is 1. The Labute approximate surface area is 75.8 Å². The van der Waals surface area contributed by atoms with Gasteiger partial charge in [0, 0.05) is 11.2 Å².